The van der Waals surface area contributed by atoms with Crippen molar-refractivity contribution in [1.82, 2.24) is 5.32 Å². The van der Waals surface area contributed by atoms with Gasteiger partial charge < -0.3 is 15.2 Å². The summed E-state index contributed by atoms with van der Waals surface area (Å²) in [5.41, 5.74) is 1.36. The number of carbonyl (C=O) groups excluding carboxylic acids is 1. The van der Waals surface area contributed by atoms with Gasteiger partial charge in [-0.1, -0.05) is 33.6 Å². The first-order valence-corrected chi connectivity index (χ1v) is 7.83. The van der Waals surface area contributed by atoms with Gasteiger partial charge in [0.25, 0.3) is 5.91 Å². The van der Waals surface area contributed by atoms with Gasteiger partial charge in [-0.05, 0) is 31.2 Å². The first kappa shape index (κ1) is 17.9. The highest BCUT2D eigenvalue weighted by Crippen LogP contribution is 2.21. The fraction of sp³-hybridized carbons (Fsp3) is 0.176. The number of carbonyl (C=O) groups is 2. The zero-order chi connectivity index (χ0) is 17.7. The molecule has 0 heterocycles. The Balaban J connectivity index is 2.13. The molecule has 2 N–H and O–H groups in total. The molecule has 0 unspecified atom stereocenters. The molecule has 0 spiro atoms. The van der Waals surface area contributed by atoms with E-state index in [1.165, 1.54) is 12.1 Å². The van der Waals surface area contributed by atoms with Crippen LogP contribution >= 0.6 is 15.9 Å². The molecule has 126 valence electrons. The number of aliphatic carboxylic acids is 1. The molecule has 0 bridgehead atoms. The Morgan fingerprint density at radius 1 is 1.25 bits per heavy atom. The highest BCUT2D eigenvalue weighted by molar-refractivity contribution is 9.10. The van der Waals surface area contributed by atoms with Crippen molar-refractivity contribution in [2.45, 2.75) is 13.5 Å². The molecular weight excluding hydrogens is 381 g/mol. The molecule has 0 aliphatic carbocycles. The molecule has 0 aliphatic rings. The van der Waals surface area contributed by atoms with Crippen molar-refractivity contribution in [1.29, 1.82) is 0 Å². The Morgan fingerprint density at radius 2 is 2.00 bits per heavy atom. The first-order chi connectivity index (χ1) is 11.4. The molecule has 0 aromatic heterocycles. The molecule has 2 aromatic carbocycles. The lowest BCUT2D eigenvalue weighted by molar-refractivity contribution is -0.139. The Morgan fingerprint density at radius 3 is 2.67 bits per heavy atom. The Bertz CT molecular complexity index is 779. The molecule has 24 heavy (non-hydrogen) atoms. The van der Waals surface area contributed by atoms with Gasteiger partial charge in [-0.2, -0.15) is 0 Å². The van der Waals surface area contributed by atoms with Gasteiger partial charge >= 0.3 is 5.97 Å². The molecule has 2 aromatic rings. The number of ether oxygens (including phenoxy) is 1. The summed E-state index contributed by atoms with van der Waals surface area (Å²) in [6.45, 7) is 1.25. The monoisotopic (exact) mass is 395 g/mol. The molecule has 0 aliphatic heterocycles. The number of hydrogen-bond acceptors (Lipinski definition) is 3. The van der Waals surface area contributed by atoms with E-state index in [-0.39, 0.29) is 17.9 Å². The van der Waals surface area contributed by atoms with Crippen molar-refractivity contribution in [2.24, 2.45) is 0 Å². The molecule has 0 saturated carbocycles. The fourth-order valence-electron chi connectivity index (χ4n) is 2.02. The van der Waals surface area contributed by atoms with Crippen molar-refractivity contribution in [3.63, 3.8) is 0 Å². The maximum Gasteiger partial charge on any atom is 0.341 e. The van der Waals surface area contributed by atoms with Crippen LogP contribution < -0.4 is 10.1 Å². The minimum absolute atomic E-state index is 0.00423. The van der Waals surface area contributed by atoms with E-state index < -0.39 is 24.3 Å². The van der Waals surface area contributed by atoms with Crippen molar-refractivity contribution >= 4 is 27.8 Å². The van der Waals surface area contributed by atoms with Gasteiger partial charge in [0.15, 0.2) is 6.61 Å². The molecule has 7 heteroatoms. The Kier molecular flexibility index (Phi) is 5.92. The van der Waals surface area contributed by atoms with Crippen LogP contribution in [0.15, 0.2) is 40.9 Å². The van der Waals surface area contributed by atoms with Gasteiger partial charge in [-0.3, -0.25) is 4.79 Å². The second-order valence-electron chi connectivity index (χ2n) is 5.10. The van der Waals surface area contributed by atoms with Crippen molar-refractivity contribution in [3.8, 4) is 5.75 Å². The van der Waals surface area contributed by atoms with E-state index in [9.17, 15) is 14.0 Å². The Hall–Kier alpha value is -2.41. The van der Waals surface area contributed by atoms with Crippen molar-refractivity contribution in [3.05, 3.63) is 63.4 Å². The average Bonchev–Trinajstić information content (AvgIpc) is 2.52. The number of aryl methyl sites for hydroxylation is 1. The number of carboxylic acid groups (broad SMARTS) is 1. The molecular formula is C17H15BrFNO4. The second-order valence-corrected chi connectivity index (χ2v) is 6.02. The van der Waals surface area contributed by atoms with E-state index in [4.69, 9.17) is 9.84 Å². The predicted octanol–water partition coefficient (Wildman–Crippen LogP) is 3.29. The maximum atomic E-state index is 13.8. The number of amides is 1. The van der Waals surface area contributed by atoms with E-state index in [1.54, 1.807) is 31.2 Å². The summed E-state index contributed by atoms with van der Waals surface area (Å²) in [4.78, 5) is 23.0. The zero-order valence-corrected chi connectivity index (χ0v) is 14.4. The van der Waals surface area contributed by atoms with Crippen molar-refractivity contribution < 1.29 is 23.8 Å². The lowest BCUT2D eigenvalue weighted by Crippen LogP contribution is -2.24. The molecule has 5 nitrogen and oxygen atoms in total. The minimum atomic E-state index is -1.14. The van der Waals surface area contributed by atoms with E-state index in [2.05, 4.69) is 21.2 Å². The van der Waals surface area contributed by atoms with Crippen LogP contribution in [0, 0.1) is 12.7 Å². The van der Waals surface area contributed by atoms with Crippen molar-refractivity contribution in [2.75, 3.05) is 6.61 Å². The van der Waals surface area contributed by atoms with Crippen LogP contribution in [0.1, 0.15) is 21.5 Å². The summed E-state index contributed by atoms with van der Waals surface area (Å²) in [6.07, 6.45) is 0. The number of hydrogen-bond donors (Lipinski definition) is 2. The van der Waals surface area contributed by atoms with E-state index in [0.717, 1.165) is 5.56 Å². The Labute approximate surface area is 146 Å². The van der Waals surface area contributed by atoms with Gasteiger partial charge in [0, 0.05) is 16.6 Å². The average molecular weight is 396 g/mol. The van der Waals surface area contributed by atoms with E-state index in [0.29, 0.717) is 10.0 Å². The van der Waals surface area contributed by atoms with E-state index in [1.807, 2.05) is 0 Å². The molecule has 2 rings (SSSR count). The second kappa shape index (κ2) is 7.92. The number of halogens is 2. The summed E-state index contributed by atoms with van der Waals surface area (Å²) >= 11 is 3.17. The zero-order valence-electron chi connectivity index (χ0n) is 12.8. The number of carboxylic acids is 1. The quantitative estimate of drug-likeness (QED) is 0.786. The highest BCUT2D eigenvalue weighted by Gasteiger charge is 2.14. The highest BCUT2D eigenvalue weighted by atomic mass is 79.9. The fourth-order valence-corrected chi connectivity index (χ4v) is 2.36. The van der Waals surface area contributed by atoms with Crippen LogP contribution in [0.5, 0.6) is 5.75 Å². The van der Waals surface area contributed by atoms with Gasteiger partial charge in [0.1, 0.15) is 11.6 Å². The molecule has 0 atom stereocenters. The molecule has 0 radical (unpaired) electrons. The minimum Gasteiger partial charge on any atom is -0.481 e. The summed E-state index contributed by atoms with van der Waals surface area (Å²) in [5.74, 6) is -1.88. The summed E-state index contributed by atoms with van der Waals surface area (Å²) < 4.78 is 19.5. The van der Waals surface area contributed by atoms with Gasteiger partial charge in [-0.25, -0.2) is 9.18 Å². The molecule has 0 saturated heterocycles. The lowest BCUT2D eigenvalue weighted by atomic mass is 10.1. The number of nitrogens with one attached hydrogen (secondary N) is 1. The van der Waals surface area contributed by atoms with Gasteiger partial charge in [0.05, 0.1) is 5.56 Å². The van der Waals surface area contributed by atoms with Gasteiger partial charge in [-0.15, -0.1) is 0 Å². The predicted molar refractivity (Wildman–Crippen MR) is 89.6 cm³/mol. The smallest absolute Gasteiger partial charge is 0.341 e. The van der Waals surface area contributed by atoms with Crippen LogP contribution in [-0.4, -0.2) is 23.6 Å². The number of benzene rings is 2. The SMILES string of the molecule is Cc1ccc(OCC(=O)O)c(C(=O)NCc2ccc(Br)cc2F)c1. The van der Waals surface area contributed by atoms with Crippen LogP contribution in [0.2, 0.25) is 0 Å². The van der Waals surface area contributed by atoms with Gasteiger partial charge in [0.2, 0.25) is 0 Å². The maximum absolute atomic E-state index is 13.8. The summed E-state index contributed by atoms with van der Waals surface area (Å²) in [5, 5.41) is 11.3. The van der Waals surface area contributed by atoms with E-state index >= 15 is 0 Å². The molecule has 1 amide bonds. The first-order valence-electron chi connectivity index (χ1n) is 7.04. The topological polar surface area (TPSA) is 75.6 Å². The third-order valence-corrected chi connectivity index (χ3v) is 3.68. The van der Waals surface area contributed by atoms with Crippen LogP contribution in [0.25, 0.3) is 0 Å². The standard InChI is InChI=1S/C17H15BrFNO4/c1-10-2-5-15(24-9-16(21)22)13(6-10)17(23)20-8-11-3-4-12(18)7-14(11)19/h2-7H,8-9H2,1H3,(H,20,23)(H,21,22). The third-order valence-electron chi connectivity index (χ3n) is 3.19. The third kappa shape index (κ3) is 4.79. The van der Waals surface area contributed by atoms with Crippen LogP contribution in [-0.2, 0) is 11.3 Å². The lowest BCUT2D eigenvalue weighted by Gasteiger charge is -2.12. The summed E-state index contributed by atoms with van der Waals surface area (Å²) in [6, 6.07) is 9.40. The number of rotatable bonds is 6. The molecule has 0 fully saturated rings. The normalized spacial score (nSPS) is 10.3. The van der Waals surface area contributed by atoms with Crippen LogP contribution in [0.4, 0.5) is 4.39 Å². The summed E-state index contributed by atoms with van der Waals surface area (Å²) in [7, 11) is 0. The van der Waals surface area contributed by atoms with Crippen LogP contribution in [0.3, 0.4) is 0 Å². The largest absolute Gasteiger partial charge is 0.481 e.